The third-order valence-electron chi connectivity index (χ3n) is 4.02. The van der Waals surface area contributed by atoms with Crippen LogP contribution in [0.5, 0.6) is 0 Å². The summed E-state index contributed by atoms with van der Waals surface area (Å²) in [6.07, 6.45) is 2.42. The first-order valence-electron chi connectivity index (χ1n) is 8.79. The fourth-order valence-corrected chi connectivity index (χ4v) is 4.16. The molecule has 0 spiro atoms. The highest BCUT2D eigenvalue weighted by molar-refractivity contribution is 7.91. The average molecular weight is 391 g/mol. The highest BCUT2D eigenvalue weighted by atomic mass is 32.2. The predicted molar refractivity (Wildman–Crippen MR) is 102 cm³/mol. The average Bonchev–Trinajstić information content (AvgIpc) is 2.65. The SMILES string of the molecule is CCCCNC(=O)NNc1cc(C#N)c(C#N)cc1S(=O)(=O)CC(C)CC. The quantitative estimate of drug-likeness (QED) is 0.437. The Bertz CT molecular complexity index is 853. The van der Waals surface area contributed by atoms with Crippen LogP contribution >= 0.6 is 0 Å². The molecular formula is C18H25N5O3S. The van der Waals surface area contributed by atoms with Gasteiger partial charge in [-0.15, -0.1) is 0 Å². The molecule has 0 radical (unpaired) electrons. The van der Waals surface area contributed by atoms with Crippen LogP contribution in [0.15, 0.2) is 17.0 Å². The number of hydrazine groups is 1. The standard InChI is InChI=1S/C18H25N5O3S/c1-4-6-7-21-18(24)23-22-16-8-14(10-19)15(11-20)9-17(16)27(25,26)12-13(3)5-2/h8-9,13,22H,4-7,12H2,1-3H3,(H2,21,23,24). The summed E-state index contributed by atoms with van der Waals surface area (Å²) < 4.78 is 25.6. The number of amides is 2. The minimum absolute atomic E-state index is 0.0238. The van der Waals surface area contributed by atoms with Gasteiger partial charge < -0.3 is 5.32 Å². The summed E-state index contributed by atoms with van der Waals surface area (Å²) in [5, 5.41) is 21.0. The van der Waals surface area contributed by atoms with Crippen molar-refractivity contribution in [2.24, 2.45) is 5.92 Å². The van der Waals surface area contributed by atoms with E-state index in [2.05, 4.69) is 16.2 Å². The lowest BCUT2D eigenvalue weighted by atomic mass is 10.1. The summed E-state index contributed by atoms with van der Waals surface area (Å²) in [7, 11) is -3.72. The zero-order chi connectivity index (χ0) is 20.4. The molecule has 0 fully saturated rings. The molecule has 27 heavy (non-hydrogen) atoms. The lowest BCUT2D eigenvalue weighted by molar-refractivity contribution is 0.242. The van der Waals surface area contributed by atoms with Crippen LogP contribution < -0.4 is 16.2 Å². The van der Waals surface area contributed by atoms with Gasteiger partial charge in [0.05, 0.1) is 27.5 Å². The minimum Gasteiger partial charge on any atom is -0.337 e. The summed E-state index contributed by atoms with van der Waals surface area (Å²) in [5.74, 6) is -0.174. The Labute approximate surface area is 160 Å². The van der Waals surface area contributed by atoms with Gasteiger partial charge in [0.15, 0.2) is 9.84 Å². The largest absolute Gasteiger partial charge is 0.337 e. The smallest absolute Gasteiger partial charge is 0.333 e. The zero-order valence-corrected chi connectivity index (χ0v) is 16.6. The van der Waals surface area contributed by atoms with Gasteiger partial charge in [0.25, 0.3) is 0 Å². The second-order valence-corrected chi connectivity index (χ2v) is 8.27. The molecule has 9 heteroatoms. The van der Waals surface area contributed by atoms with Crippen molar-refractivity contribution in [3.05, 3.63) is 23.3 Å². The number of sulfone groups is 1. The number of hydrogen-bond acceptors (Lipinski definition) is 6. The molecule has 2 amide bonds. The van der Waals surface area contributed by atoms with Crippen LogP contribution in [0.25, 0.3) is 0 Å². The monoisotopic (exact) mass is 391 g/mol. The minimum atomic E-state index is -3.72. The van der Waals surface area contributed by atoms with Crippen molar-refractivity contribution in [1.82, 2.24) is 10.7 Å². The van der Waals surface area contributed by atoms with Crippen LogP contribution in [0.4, 0.5) is 10.5 Å². The highest BCUT2D eigenvalue weighted by Gasteiger charge is 2.24. The fraction of sp³-hybridized carbons (Fsp3) is 0.500. The molecule has 1 atom stereocenters. The number of rotatable bonds is 9. The fourth-order valence-electron chi connectivity index (χ4n) is 2.25. The van der Waals surface area contributed by atoms with Gasteiger partial charge in [-0.3, -0.25) is 10.9 Å². The molecule has 1 rings (SSSR count). The maximum absolute atomic E-state index is 12.8. The van der Waals surface area contributed by atoms with E-state index in [0.717, 1.165) is 12.8 Å². The number of urea groups is 1. The molecule has 0 aromatic heterocycles. The number of nitrogens with one attached hydrogen (secondary N) is 3. The first-order chi connectivity index (χ1) is 12.8. The van der Waals surface area contributed by atoms with Crippen LogP contribution in [0.2, 0.25) is 0 Å². The molecule has 0 aliphatic heterocycles. The van der Waals surface area contributed by atoms with E-state index in [1.165, 1.54) is 12.1 Å². The van der Waals surface area contributed by atoms with E-state index in [1.807, 2.05) is 32.9 Å². The highest BCUT2D eigenvalue weighted by Crippen LogP contribution is 2.27. The maximum Gasteiger partial charge on any atom is 0.333 e. The number of carbonyl (C=O) groups is 1. The van der Waals surface area contributed by atoms with E-state index in [1.54, 1.807) is 0 Å². The van der Waals surface area contributed by atoms with Gasteiger partial charge >= 0.3 is 6.03 Å². The van der Waals surface area contributed by atoms with E-state index in [-0.39, 0.29) is 33.4 Å². The molecule has 0 aliphatic rings. The second kappa shape index (κ2) is 10.4. The molecule has 1 aromatic carbocycles. The molecule has 1 unspecified atom stereocenters. The molecule has 1 aromatic rings. The van der Waals surface area contributed by atoms with Crippen LogP contribution in [0.1, 0.15) is 51.2 Å². The van der Waals surface area contributed by atoms with Gasteiger partial charge in [-0.2, -0.15) is 10.5 Å². The van der Waals surface area contributed by atoms with E-state index in [9.17, 15) is 23.7 Å². The van der Waals surface area contributed by atoms with Gasteiger partial charge in [0.2, 0.25) is 0 Å². The Morgan fingerprint density at radius 1 is 1.19 bits per heavy atom. The Morgan fingerprint density at radius 3 is 2.37 bits per heavy atom. The third kappa shape index (κ3) is 6.46. The molecule has 146 valence electrons. The van der Waals surface area contributed by atoms with E-state index in [4.69, 9.17) is 0 Å². The molecule has 0 heterocycles. The van der Waals surface area contributed by atoms with Crippen LogP contribution in [-0.4, -0.2) is 26.7 Å². The van der Waals surface area contributed by atoms with Crippen molar-refractivity contribution in [3.8, 4) is 12.1 Å². The van der Waals surface area contributed by atoms with Crippen molar-refractivity contribution in [2.45, 2.75) is 44.9 Å². The lowest BCUT2D eigenvalue weighted by Crippen LogP contribution is -2.39. The van der Waals surface area contributed by atoms with E-state index < -0.39 is 15.9 Å². The Kier molecular flexibility index (Phi) is 8.57. The Hall–Kier alpha value is -2.78. The first-order valence-corrected chi connectivity index (χ1v) is 10.4. The van der Waals surface area contributed by atoms with Crippen LogP contribution in [0.3, 0.4) is 0 Å². The molecule has 0 saturated carbocycles. The van der Waals surface area contributed by atoms with E-state index in [0.29, 0.717) is 13.0 Å². The maximum atomic E-state index is 12.8. The molecular weight excluding hydrogens is 366 g/mol. The summed E-state index contributed by atoms with van der Waals surface area (Å²) in [6.45, 7) is 6.19. The summed E-state index contributed by atoms with van der Waals surface area (Å²) in [6, 6.07) is 5.62. The normalized spacial score (nSPS) is 11.7. The van der Waals surface area contributed by atoms with Crippen molar-refractivity contribution in [1.29, 1.82) is 10.5 Å². The molecule has 8 nitrogen and oxygen atoms in total. The van der Waals surface area contributed by atoms with Crippen molar-refractivity contribution < 1.29 is 13.2 Å². The second-order valence-electron chi connectivity index (χ2n) is 6.27. The number of unbranched alkanes of at least 4 members (excludes halogenated alkanes) is 1. The molecule has 3 N–H and O–H groups in total. The first kappa shape index (κ1) is 22.3. The van der Waals surface area contributed by atoms with Crippen molar-refractivity contribution in [3.63, 3.8) is 0 Å². The van der Waals surface area contributed by atoms with Crippen LogP contribution in [-0.2, 0) is 9.84 Å². The molecule has 0 saturated heterocycles. The topological polar surface area (TPSA) is 135 Å². The van der Waals surface area contributed by atoms with Crippen molar-refractivity contribution in [2.75, 3.05) is 17.7 Å². The predicted octanol–water partition coefficient (Wildman–Crippen LogP) is 2.68. The number of benzene rings is 1. The number of anilines is 1. The Balaban J connectivity index is 3.19. The van der Waals surface area contributed by atoms with Crippen LogP contribution in [0, 0.1) is 28.6 Å². The van der Waals surface area contributed by atoms with E-state index >= 15 is 0 Å². The number of hydrogen-bond donors (Lipinski definition) is 3. The Morgan fingerprint density at radius 2 is 1.81 bits per heavy atom. The third-order valence-corrected chi connectivity index (χ3v) is 6.04. The summed E-state index contributed by atoms with van der Waals surface area (Å²) in [5.41, 5.74) is 4.98. The van der Waals surface area contributed by atoms with Gasteiger partial charge in [0.1, 0.15) is 12.1 Å². The molecule has 0 aliphatic carbocycles. The van der Waals surface area contributed by atoms with Gasteiger partial charge in [-0.25, -0.2) is 13.2 Å². The number of carbonyl (C=O) groups excluding carboxylic acids is 1. The van der Waals surface area contributed by atoms with Crippen molar-refractivity contribution >= 4 is 21.6 Å². The van der Waals surface area contributed by atoms with Gasteiger partial charge in [-0.05, 0) is 24.5 Å². The zero-order valence-electron chi connectivity index (χ0n) is 15.8. The summed E-state index contributed by atoms with van der Waals surface area (Å²) in [4.78, 5) is 11.7. The van der Waals surface area contributed by atoms with Gasteiger partial charge in [0, 0.05) is 6.54 Å². The molecule has 0 bridgehead atoms. The lowest BCUT2D eigenvalue weighted by Gasteiger charge is -2.16. The number of nitrogens with zero attached hydrogens (tertiary/aromatic N) is 2. The summed E-state index contributed by atoms with van der Waals surface area (Å²) >= 11 is 0. The van der Waals surface area contributed by atoms with Gasteiger partial charge in [-0.1, -0.05) is 33.6 Å². The number of nitriles is 2.